The summed E-state index contributed by atoms with van der Waals surface area (Å²) in [5.41, 5.74) is 0.338. The molecule has 92 valence electrons. The normalized spacial score (nSPS) is 25.5. The number of rotatable bonds is 1. The summed E-state index contributed by atoms with van der Waals surface area (Å²) in [6.07, 6.45) is 10.2. The molecule has 0 spiro atoms. The van der Waals surface area contributed by atoms with Crippen molar-refractivity contribution >= 4 is 5.71 Å². The van der Waals surface area contributed by atoms with E-state index < -0.39 is 6.04 Å². The summed E-state index contributed by atoms with van der Waals surface area (Å²) in [6.45, 7) is 0. The molecule has 1 atom stereocenters. The van der Waals surface area contributed by atoms with Gasteiger partial charge in [-0.05, 0) is 19.3 Å². The zero-order chi connectivity index (χ0) is 11.8. The molecular formula is C12H22N2O2. The molecule has 0 amide bonds. The van der Waals surface area contributed by atoms with Crippen LogP contribution in [0.3, 0.4) is 0 Å². The molecule has 0 bridgehead atoms. The highest BCUT2D eigenvalue weighted by molar-refractivity contribution is 5.85. The number of hydrogen-bond acceptors (Lipinski definition) is 3. The molecule has 0 aromatic rings. The molecule has 4 heteroatoms. The Balaban J connectivity index is 2.46. The van der Waals surface area contributed by atoms with Gasteiger partial charge >= 0.3 is 0 Å². The summed E-state index contributed by atoms with van der Waals surface area (Å²) < 4.78 is 0. The molecule has 0 radical (unpaired) electrons. The van der Waals surface area contributed by atoms with E-state index >= 15 is 0 Å². The molecule has 1 rings (SSSR count). The number of nitrogens with zero attached hydrogens (tertiary/aromatic N) is 1. The van der Waals surface area contributed by atoms with E-state index in [1.54, 1.807) is 0 Å². The van der Waals surface area contributed by atoms with Gasteiger partial charge in [-0.3, -0.25) is 10.1 Å². The number of nitro groups is 1. The van der Waals surface area contributed by atoms with Gasteiger partial charge in [0.1, 0.15) is 0 Å². The molecule has 0 heterocycles. The number of nitrogens with one attached hydrogen (secondary N) is 1. The quantitative estimate of drug-likeness (QED) is 0.548. The van der Waals surface area contributed by atoms with E-state index in [4.69, 9.17) is 5.41 Å². The molecule has 0 aromatic heterocycles. The van der Waals surface area contributed by atoms with E-state index in [9.17, 15) is 10.1 Å². The summed E-state index contributed by atoms with van der Waals surface area (Å²) in [4.78, 5) is 10.6. The van der Waals surface area contributed by atoms with E-state index in [0.29, 0.717) is 18.6 Å². The van der Waals surface area contributed by atoms with Crippen LogP contribution >= 0.6 is 0 Å². The van der Waals surface area contributed by atoms with E-state index in [0.717, 1.165) is 25.7 Å². The van der Waals surface area contributed by atoms with Gasteiger partial charge in [-0.15, -0.1) is 0 Å². The largest absolute Gasteiger partial charge is 0.303 e. The van der Waals surface area contributed by atoms with Gasteiger partial charge in [0, 0.05) is 11.3 Å². The van der Waals surface area contributed by atoms with Crippen LogP contribution in [0.25, 0.3) is 0 Å². The zero-order valence-corrected chi connectivity index (χ0v) is 9.91. The molecule has 4 nitrogen and oxygen atoms in total. The van der Waals surface area contributed by atoms with Crippen molar-refractivity contribution in [2.45, 2.75) is 70.3 Å². The standard InChI is InChI=1S/C12H22N2O2/c13-11-9-7-5-3-1-2-4-6-8-10-12(11)14(15)16/h12-13H,1-10H2. The smallest absolute Gasteiger partial charge is 0.250 e. The molecule has 16 heavy (non-hydrogen) atoms. The maximum atomic E-state index is 10.8. The highest BCUT2D eigenvalue weighted by Gasteiger charge is 2.24. The van der Waals surface area contributed by atoms with Crippen molar-refractivity contribution in [3.63, 3.8) is 0 Å². The van der Waals surface area contributed by atoms with E-state index in [-0.39, 0.29) is 4.92 Å². The minimum absolute atomic E-state index is 0.270. The first kappa shape index (κ1) is 13.1. The fourth-order valence-electron chi connectivity index (χ4n) is 2.29. The Kier molecular flexibility index (Phi) is 6.04. The van der Waals surface area contributed by atoms with Crippen LogP contribution in [0.15, 0.2) is 0 Å². The SMILES string of the molecule is N=C1CCCCCCCCCCC1[N+](=O)[O-]. The highest BCUT2D eigenvalue weighted by Crippen LogP contribution is 2.16. The lowest BCUT2D eigenvalue weighted by molar-refractivity contribution is -0.504. The second kappa shape index (κ2) is 7.36. The summed E-state index contributed by atoms with van der Waals surface area (Å²) in [5.74, 6) is 0. The van der Waals surface area contributed by atoms with Gasteiger partial charge in [-0.2, -0.15) is 0 Å². The van der Waals surface area contributed by atoms with E-state index in [1.165, 1.54) is 25.7 Å². The van der Waals surface area contributed by atoms with Gasteiger partial charge in [-0.1, -0.05) is 38.5 Å². The van der Waals surface area contributed by atoms with Gasteiger partial charge in [-0.25, -0.2) is 0 Å². The third kappa shape index (κ3) is 4.73. The predicted molar refractivity (Wildman–Crippen MR) is 64.7 cm³/mol. The lowest BCUT2D eigenvalue weighted by atomic mass is 9.97. The molecule has 1 N–H and O–H groups in total. The summed E-state index contributed by atoms with van der Waals surface area (Å²) >= 11 is 0. The Hall–Kier alpha value is -0.930. The van der Waals surface area contributed by atoms with Gasteiger partial charge in [0.25, 0.3) is 0 Å². The van der Waals surface area contributed by atoms with Crippen molar-refractivity contribution in [3.8, 4) is 0 Å². The average Bonchev–Trinajstić information content (AvgIpc) is 2.22. The van der Waals surface area contributed by atoms with Crippen molar-refractivity contribution in [3.05, 3.63) is 10.1 Å². The van der Waals surface area contributed by atoms with Crippen LogP contribution in [-0.4, -0.2) is 16.7 Å². The lowest BCUT2D eigenvalue weighted by Gasteiger charge is -2.12. The molecule has 0 aromatic carbocycles. The van der Waals surface area contributed by atoms with Gasteiger partial charge in [0.05, 0.1) is 5.71 Å². The summed E-state index contributed by atoms with van der Waals surface area (Å²) in [5, 5.41) is 18.6. The van der Waals surface area contributed by atoms with Crippen molar-refractivity contribution in [1.82, 2.24) is 0 Å². The third-order valence-corrected chi connectivity index (χ3v) is 3.33. The van der Waals surface area contributed by atoms with Crippen LogP contribution < -0.4 is 0 Å². The molecule has 1 saturated carbocycles. The van der Waals surface area contributed by atoms with Crippen LogP contribution in [0.4, 0.5) is 0 Å². The van der Waals surface area contributed by atoms with Gasteiger partial charge < -0.3 is 5.41 Å². The minimum atomic E-state index is -0.709. The third-order valence-electron chi connectivity index (χ3n) is 3.33. The second-order valence-electron chi connectivity index (χ2n) is 4.69. The van der Waals surface area contributed by atoms with Crippen LogP contribution in [-0.2, 0) is 0 Å². The van der Waals surface area contributed by atoms with Crippen molar-refractivity contribution in [2.75, 3.05) is 0 Å². The second-order valence-corrected chi connectivity index (χ2v) is 4.69. The van der Waals surface area contributed by atoms with Crippen molar-refractivity contribution in [2.24, 2.45) is 0 Å². The molecular weight excluding hydrogens is 204 g/mol. The monoisotopic (exact) mass is 226 g/mol. The molecule has 0 aliphatic heterocycles. The Labute approximate surface area is 97.1 Å². The highest BCUT2D eigenvalue weighted by atomic mass is 16.6. The Bertz CT molecular complexity index is 241. The number of hydrogen-bond donors (Lipinski definition) is 1. The average molecular weight is 226 g/mol. The Morgan fingerprint density at radius 3 is 2.06 bits per heavy atom. The first-order chi connectivity index (χ1) is 7.72. The molecule has 1 fully saturated rings. The Morgan fingerprint density at radius 2 is 1.50 bits per heavy atom. The van der Waals surface area contributed by atoms with E-state index in [2.05, 4.69) is 0 Å². The van der Waals surface area contributed by atoms with Crippen LogP contribution in [0.5, 0.6) is 0 Å². The van der Waals surface area contributed by atoms with Crippen LogP contribution in [0.1, 0.15) is 64.2 Å². The Morgan fingerprint density at radius 1 is 1.00 bits per heavy atom. The van der Waals surface area contributed by atoms with Crippen LogP contribution in [0.2, 0.25) is 0 Å². The van der Waals surface area contributed by atoms with Crippen molar-refractivity contribution in [1.29, 1.82) is 5.41 Å². The predicted octanol–water partition coefficient (Wildman–Crippen LogP) is 3.57. The maximum absolute atomic E-state index is 10.8. The molecule has 1 aliphatic rings. The summed E-state index contributed by atoms with van der Waals surface area (Å²) in [7, 11) is 0. The minimum Gasteiger partial charge on any atom is -0.303 e. The summed E-state index contributed by atoms with van der Waals surface area (Å²) in [6, 6.07) is -0.709. The zero-order valence-electron chi connectivity index (χ0n) is 9.91. The molecule has 1 unspecified atom stereocenters. The van der Waals surface area contributed by atoms with E-state index in [1.807, 2.05) is 0 Å². The first-order valence-corrected chi connectivity index (χ1v) is 6.42. The first-order valence-electron chi connectivity index (χ1n) is 6.42. The maximum Gasteiger partial charge on any atom is 0.250 e. The van der Waals surface area contributed by atoms with Gasteiger partial charge in [0.15, 0.2) is 0 Å². The lowest BCUT2D eigenvalue weighted by Crippen LogP contribution is -2.29. The fraction of sp³-hybridized carbons (Fsp3) is 0.917. The van der Waals surface area contributed by atoms with Crippen molar-refractivity contribution < 1.29 is 4.92 Å². The fourth-order valence-corrected chi connectivity index (χ4v) is 2.29. The molecule has 0 saturated heterocycles. The van der Waals surface area contributed by atoms with Gasteiger partial charge in [0.2, 0.25) is 6.04 Å². The topological polar surface area (TPSA) is 67.0 Å². The molecule has 1 aliphatic carbocycles. The van der Waals surface area contributed by atoms with Crippen LogP contribution in [0, 0.1) is 15.5 Å².